The molecule has 0 spiro atoms. The lowest BCUT2D eigenvalue weighted by Gasteiger charge is -2.11. The number of fused-ring (bicyclic) bond motifs is 1. The molecule has 0 saturated heterocycles. The molecule has 5 aromatic heterocycles. The number of imidazole rings is 1. The lowest BCUT2D eigenvalue weighted by Crippen LogP contribution is -2.11. The first-order valence-electron chi connectivity index (χ1n) is 10.3. The van der Waals surface area contributed by atoms with Gasteiger partial charge in [-0.3, -0.25) is 9.20 Å². The number of carbonyl (C=O) groups is 1. The monoisotopic (exact) mass is 484 g/mol. The van der Waals surface area contributed by atoms with E-state index in [1.54, 1.807) is 42.0 Å². The number of pyridine rings is 1. The van der Waals surface area contributed by atoms with Crippen LogP contribution in [0.15, 0.2) is 35.1 Å². The van der Waals surface area contributed by atoms with Crippen LogP contribution in [0.2, 0.25) is 0 Å². The Morgan fingerprint density at radius 1 is 1.26 bits per heavy atom. The maximum Gasteiger partial charge on any atom is 0.299 e. The minimum atomic E-state index is -2.91. The molecule has 0 aliphatic carbocycles. The van der Waals surface area contributed by atoms with E-state index < -0.39 is 12.2 Å². The van der Waals surface area contributed by atoms with E-state index in [2.05, 4.69) is 30.7 Å². The van der Waals surface area contributed by atoms with E-state index in [1.807, 2.05) is 19.1 Å². The Morgan fingerprint density at radius 2 is 2.09 bits per heavy atom. The van der Waals surface area contributed by atoms with Gasteiger partial charge in [0.15, 0.2) is 17.3 Å². The first kappa shape index (κ1) is 21.9. The highest BCUT2D eigenvalue weighted by Crippen LogP contribution is 2.32. The van der Waals surface area contributed by atoms with E-state index in [0.717, 1.165) is 20.1 Å². The number of nitrogens with zero attached hydrogens (tertiary/aromatic N) is 8. The topological polar surface area (TPSA) is 117 Å². The van der Waals surface area contributed by atoms with Crippen LogP contribution in [0.5, 0.6) is 0 Å². The normalized spacial score (nSPS) is 12.6. The molecule has 0 radical (unpaired) electrons. The molecule has 0 aliphatic rings. The lowest BCUT2D eigenvalue weighted by molar-refractivity contribution is 0.0970. The SMILES string of the molecule is Cc1noc([C@H](C)CC(=O)c2cc(-n3nnnc3C(F)F)c3ncc(-c4ccc(C)s4)n3c2)n1. The molecule has 0 saturated carbocycles. The fraction of sp³-hybridized carbons (Fsp3) is 0.286. The molecule has 0 aliphatic heterocycles. The molecular formula is C21H18F2N8O2S. The van der Waals surface area contributed by atoms with Crippen LogP contribution < -0.4 is 0 Å². The van der Waals surface area contributed by atoms with Gasteiger partial charge in [-0.15, -0.1) is 16.4 Å². The van der Waals surface area contributed by atoms with E-state index in [0.29, 0.717) is 17.4 Å². The van der Waals surface area contributed by atoms with Gasteiger partial charge in [0, 0.05) is 29.0 Å². The highest BCUT2D eigenvalue weighted by molar-refractivity contribution is 7.15. The molecule has 1 atom stereocenters. The highest BCUT2D eigenvalue weighted by Gasteiger charge is 2.25. The quantitative estimate of drug-likeness (QED) is 0.313. The fourth-order valence-electron chi connectivity index (χ4n) is 3.63. The average molecular weight is 484 g/mol. The van der Waals surface area contributed by atoms with Crippen LogP contribution in [0, 0.1) is 13.8 Å². The van der Waals surface area contributed by atoms with Gasteiger partial charge < -0.3 is 4.52 Å². The Balaban J connectivity index is 1.64. The van der Waals surface area contributed by atoms with Crippen molar-refractivity contribution in [2.24, 2.45) is 0 Å². The van der Waals surface area contributed by atoms with E-state index in [-0.39, 0.29) is 29.4 Å². The van der Waals surface area contributed by atoms with Crippen molar-refractivity contribution in [2.75, 3.05) is 0 Å². The molecule has 5 rings (SSSR count). The minimum Gasteiger partial charge on any atom is -0.339 e. The number of Topliss-reactive ketones (excluding diaryl/α,β-unsaturated/α-hetero) is 1. The van der Waals surface area contributed by atoms with Crippen molar-refractivity contribution in [2.45, 2.75) is 39.5 Å². The minimum absolute atomic E-state index is 0.0754. The van der Waals surface area contributed by atoms with Crippen molar-refractivity contribution < 1.29 is 18.1 Å². The summed E-state index contributed by atoms with van der Waals surface area (Å²) >= 11 is 1.56. The van der Waals surface area contributed by atoms with Crippen molar-refractivity contribution in [1.29, 1.82) is 0 Å². The number of rotatable bonds is 7. The molecule has 0 aromatic carbocycles. The molecule has 5 heterocycles. The third kappa shape index (κ3) is 3.87. The van der Waals surface area contributed by atoms with Crippen molar-refractivity contribution >= 4 is 22.8 Å². The third-order valence-electron chi connectivity index (χ3n) is 5.27. The molecular weight excluding hydrogens is 466 g/mol. The van der Waals surface area contributed by atoms with Crippen LogP contribution in [0.25, 0.3) is 21.9 Å². The first-order valence-corrected chi connectivity index (χ1v) is 11.1. The Labute approximate surface area is 195 Å². The second-order valence-electron chi connectivity index (χ2n) is 7.82. The van der Waals surface area contributed by atoms with Gasteiger partial charge in [0.1, 0.15) is 5.69 Å². The molecule has 10 nitrogen and oxygen atoms in total. The number of halogens is 2. The van der Waals surface area contributed by atoms with Crippen molar-refractivity contribution in [3.8, 4) is 16.3 Å². The predicted molar refractivity (Wildman–Crippen MR) is 117 cm³/mol. The molecule has 0 bridgehead atoms. The second kappa shape index (κ2) is 8.48. The number of hydrogen-bond donors (Lipinski definition) is 0. The van der Waals surface area contributed by atoms with Crippen molar-refractivity contribution in [3.05, 3.63) is 58.6 Å². The summed E-state index contributed by atoms with van der Waals surface area (Å²) in [7, 11) is 0. The van der Waals surface area contributed by atoms with Gasteiger partial charge in [0.2, 0.25) is 11.7 Å². The van der Waals surface area contributed by atoms with Gasteiger partial charge in [-0.05, 0) is 42.5 Å². The van der Waals surface area contributed by atoms with Crippen LogP contribution in [0.1, 0.15) is 58.5 Å². The smallest absolute Gasteiger partial charge is 0.299 e. The van der Waals surface area contributed by atoms with Gasteiger partial charge in [-0.2, -0.15) is 9.67 Å². The van der Waals surface area contributed by atoms with Crippen LogP contribution in [0.3, 0.4) is 0 Å². The van der Waals surface area contributed by atoms with Gasteiger partial charge in [-0.25, -0.2) is 13.8 Å². The molecule has 0 unspecified atom stereocenters. The highest BCUT2D eigenvalue weighted by atomic mass is 32.1. The Hall–Kier alpha value is -3.87. The molecule has 5 aromatic rings. The summed E-state index contributed by atoms with van der Waals surface area (Å²) in [5, 5.41) is 14.3. The largest absolute Gasteiger partial charge is 0.339 e. The summed E-state index contributed by atoms with van der Waals surface area (Å²) in [5.41, 5.74) is 1.52. The van der Waals surface area contributed by atoms with Crippen LogP contribution >= 0.6 is 11.3 Å². The zero-order valence-electron chi connectivity index (χ0n) is 18.3. The maximum absolute atomic E-state index is 13.6. The van der Waals surface area contributed by atoms with Gasteiger partial charge in [0.25, 0.3) is 6.43 Å². The summed E-state index contributed by atoms with van der Waals surface area (Å²) < 4.78 is 34.9. The molecule has 0 N–H and O–H groups in total. The van der Waals surface area contributed by atoms with Crippen LogP contribution in [-0.4, -0.2) is 45.5 Å². The van der Waals surface area contributed by atoms with Crippen LogP contribution in [0.4, 0.5) is 8.78 Å². The number of aryl methyl sites for hydroxylation is 2. The van der Waals surface area contributed by atoms with E-state index in [9.17, 15) is 13.6 Å². The molecule has 13 heteroatoms. The standard InChI is InChI=1S/C21H18F2N8O2S/c1-10(21-25-12(3)27-33-21)6-16(32)13-7-14(31-20(18(22)23)26-28-29-31)19-24-8-15(30(19)9-13)17-5-4-11(2)34-17/h4-5,7-10,18H,6H2,1-3H3/t10-/m1/s1. The first-order chi connectivity index (χ1) is 16.3. The van der Waals surface area contributed by atoms with Crippen molar-refractivity contribution in [3.63, 3.8) is 0 Å². The van der Waals surface area contributed by atoms with Crippen LogP contribution in [-0.2, 0) is 0 Å². The van der Waals surface area contributed by atoms with Crippen molar-refractivity contribution in [1.82, 2.24) is 39.7 Å². The number of alkyl halides is 2. The predicted octanol–water partition coefficient (Wildman–Crippen LogP) is 4.35. The number of hydrogen-bond acceptors (Lipinski definition) is 9. The summed E-state index contributed by atoms with van der Waals surface area (Å²) in [5.74, 6) is -0.381. The maximum atomic E-state index is 13.6. The fourth-order valence-corrected chi connectivity index (χ4v) is 4.50. The zero-order valence-corrected chi connectivity index (χ0v) is 19.1. The Bertz CT molecular complexity index is 1500. The zero-order chi connectivity index (χ0) is 24.0. The van der Waals surface area contributed by atoms with Gasteiger partial charge in [-0.1, -0.05) is 12.1 Å². The summed E-state index contributed by atoms with van der Waals surface area (Å²) in [4.78, 5) is 23.9. The summed E-state index contributed by atoms with van der Waals surface area (Å²) in [6, 6.07) is 5.39. The number of thiophene rings is 1. The number of ketones is 1. The summed E-state index contributed by atoms with van der Waals surface area (Å²) in [6.07, 6.45) is 0.446. The molecule has 0 fully saturated rings. The lowest BCUT2D eigenvalue weighted by atomic mass is 10.0. The van der Waals surface area contributed by atoms with E-state index in [1.165, 1.54) is 6.07 Å². The van der Waals surface area contributed by atoms with E-state index >= 15 is 0 Å². The number of tetrazole rings is 1. The molecule has 0 amide bonds. The molecule has 174 valence electrons. The number of aromatic nitrogens is 8. The number of carbonyl (C=O) groups excluding carboxylic acids is 1. The van der Waals surface area contributed by atoms with Gasteiger partial charge >= 0.3 is 0 Å². The van der Waals surface area contributed by atoms with Gasteiger partial charge in [0.05, 0.1) is 16.8 Å². The Kier molecular flexibility index (Phi) is 5.48. The second-order valence-corrected chi connectivity index (χ2v) is 9.11. The van der Waals surface area contributed by atoms with E-state index in [4.69, 9.17) is 4.52 Å². The summed E-state index contributed by atoms with van der Waals surface area (Å²) in [6.45, 7) is 5.48. The Morgan fingerprint density at radius 3 is 2.76 bits per heavy atom. The average Bonchev–Trinajstić information content (AvgIpc) is 3.59. The third-order valence-corrected chi connectivity index (χ3v) is 6.30. The molecule has 34 heavy (non-hydrogen) atoms.